The number of tetrazole rings is 1. The van der Waals surface area contributed by atoms with Crippen molar-refractivity contribution in [1.82, 2.24) is 20.2 Å². The average Bonchev–Trinajstić information content (AvgIpc) is 3.24. The van der Waals surface area contributed by atoms with Crippen LogP contribution < -0.4 is 5.32 Å². The Kier molecular flexibility index (Phi) is 4.19. The van der Waals surface area contributed by atoms with E-state index in [1.54, 1.807) is 0 Å². The van der Waals surface area contributed by atoms with Gasteiger partial charge in [0.15, 0.2) is 0 Å². The minimum atomic E-state index is -0.0467. The van der Waals surface area contributed by atoms with Gasteiger partial charge in [0.25, 0.3) is 0 Å². The maximum atomic E-state index is 11.9. The minimum absolute atomic E-state index is 0.0467. The van der Waals surface area contributed by atoms with Gasteiger partial charge in [0, 0.05) is 5.69 Å². The molecule has 0 spiro atoms. The molecule has 0 unspecified atom stereocenters. The monoisotopic (exact) mass is 303 g/mol. The molecule has 6 nitrogen and oxygen atoms in total. The molecule has 1 fully saturated rings. The molecule has 1 aromatic carbocycles. The first-order valence-electron chi connectivity index (χ1n) is 7.05. The molecule has 2 aromatic rings. The molecule has 1 amide bonds. The number of anilines is 1. The van der Waals surface area contributed by atoms with Crippen LogP contribution in [0.15, 0.2) is 29.4 Å². The summed E-state index contributed by atoms with van der Waals surface area (Å²) < 4.78 is 1.81. The van der Waals surface area contributed by atoms with Crippen LogP contribution in [0.4, 0.5) is 5.69 Å². The van der Waals surface area contributed by atoms with E-state index >= 15 is 0 Å². The lowest BCUT2D eigenvalue weighted by Crippen LogP contribution is -2.14. The second-order valence-corrected chi connectivity index (χ2v) is 5.97. The van der Waals surface area contributed by atoms with E-state index < -0.39 is 0 Å². The molecular formula is C14H17N5OS. The van der Waals surface area contributed by atoms with Gasteiger partial charge in [-0.25, -0.2) is 4.68 Å². The molecular weight excluding hydrogens is 286 g/mol. The van der Waals surface area contributed by atoms with Gasteiger partial charge in [-0.05, 0) is 47.4 Å². The number of nitrogens with one attached hydrogen (secondary N) is 1. The van der Waals surface area contributed by atoms with Crippen molar-refractivity contribution in [2.75, 3.05) is 11.1 Å². The van der Waals surface area contributed by atoms with Crippen molar-refractivity contribution in [3.05, 3.63) is 29.8 Å². The zero-order valence-electron chi connectivity index (χ0n) is 11.8. The summed E-state index contributed by atoms with van der Waals surface area (Å²) in [7, 11) is 0. The fourth-order valence-electron chi connectivity index (χ4n) is 1.98. The van der Waals surface area contributed by atoms with Gasteiger partial charge < -0.3 is 5.32 Å². The highest BCUT2D eigenvalue weighted by Gasteiger charge is 2.28. The molecule has 1 aromatic heterocycles. The van der Waals surface area contributed by atoms with Crippen molar-refractivity contribution in [1.29, 1.82) is 0 Å². The molecule has 0 aliphatic heterocycles. The Morgan fingerprint density at radius 3 is 2.81 bits per heavy atom. The largest absolute Gasteiger partial charge is 0.325 e. The van der Waals surface area contributed by atoms with Crippen molar-refractivity contribution in [2.24, 2.45) is 0 Å². The molecule has 1 heterocycles. The molecule has 1 aliphatic rings. The molecule has 7 heteroatoms. The highest BCUT2D eigenvalue weighted by Crippen LogP contribution is 2.36. The number of hydrogen-bond donors (Lipinski definition) is 1. The third kappa shape index (κ3) is 3.60. The number of rotatable bonds is 6. The fourth-order valence-corrected chi connectivity index (χ4v) is 2.72. The molecule has 110 valence electrons. The Labute approximate surface area is 127 Å². The molecule has 1 N–H and O–H groups in total. The van der Waals surface area contributed by atoms with Crippen LogP contribution in [0.5, 0.6) is 0 Å². The van der Waals surface area contributed by atoms with E-state index in [1.165, 1.54) is 17.3 Å². The van der Waals surface area contributed by atoms with Crippen LogP contribution in [-0.4, -0.2) is 31.9 Å². The van der Waals surface area contributed by atoms with Crippen LogP contribution in [0.1, 0.15) is 31.4 Å². The number of nitrogens with zero attached hydrogens (tertiary/aromatic N) is 4. The SMILES string of the molecule is CCc1ccc(NC(=O)CSc2nnnn2C2CC2)cc1. The van der Waals surface area contributed by atoms with Gasteiger partial charge in [0.1, 0.15) is 0 Å². The summed E-state index contributed by atoms with van der Waals surface area (Å²) in [5, 5.41) is 15.2. The van der Waals surface area contributed by atoms with Gasteiger partial charge in [-0.3, -0.25) is 4.79 Å². The maximum Gasteiger partial charge on any atom is 0.234 e. The topological polar surface area (TPSA) is 72.7 Å². The molecule has 0 bridgehead atoms. The highest BCUT2D eigenvalue weighted by atomic mass is 32.2. The zero-order chi connectivity index (χ0) is 14.7. The van der Waals surface area contributed by atoms with Crippen molar-refractivity contribution in [2.45, 2.75) is 37.4 Å². The van der Waals surface area contributed by atoms with Crippen LogP contribution in [0.2, 0.25) is 0 Å². The smallest absolute Gasteiger partial charge is 0.234 e. The Bertz CT molecular complexity index is 621. The van der Waals surface area contributed by atoms with Crippen molar-refractivity contribution in [3.8, 4) is 0 Å². The molecule has 1 aliphatic carbocycles. The predicted octanol–water partition coefficient (Wildman–Crippen LogP) is 2.30. The zero-order valence-corrected chi connectivity index (χ0v) is 12.6. The van der Waals surface area contributed by atoms with Gasteiger partial charge in [-0.15, -0.1) is 5.10 Å². The van der Waals surface area contributed by atoms with Gasteiger partial charge in [0.2, 0.25) is 11.1 Å². The summed E-state index contributed by atoms with van der Waals surface area (Å²) in [4.78, 5) is 11.9. The van der Waals surface area contributed by atoms with Gasteiger partial charge >= 0.3 is 0 Å². The van der Waals surface area contributed by atoms with Crippen LogP contribution in [0.3, 0.4) is 0 Å². The van der Waals surface area contributed by atoms with Crippen LogP contribution >= 0.6 is 11.8 Å². The van der Waals surface area contributed by atoms with E-state index in [-0.39, 0.29) is 5.91 Å². The average molecular weight is 303 g/mol. The Hall–Kier alpha value is -1.89. The van der Waals surface area contributed by atoms with Gasteiger partial charge in [-0.1, -0.05) is 30.8 Å². The lowest BCUT2D eigenvalue weighted by molar-refractivity contribution is -0.113. The first kappa shape index (κ1) is 14.1. The number of aromatic nitrogens is 4. The lowest BCUT2D eigenvalue weighted by atomic mass is 10.1. The summed E-state index contributed by atoms with van der Waals surface area (Å²) in [6.07, 6.45) is 3.23. The van der Waals surface area contributed by atoms with E-state index in [4.69, 9.17) is 0 Å². The molecule has 1 saturated carbocycles. The van der Waals surface area contributed by atoms with E-state index in [1.807, 2.05) is 28.9 Å². The number of aryl methyl sites for hydroxylation is 1. The number of benzene rings is 1. The van der Waals surface area contributed by atoms with Gasteiger partial charge in [-0.2, -0.15) is 0 Å². The summed E-state index contributed by atoms with van der Waals surface area (Å²) in [6.45, 7) is 2.11. The second kappa shape index (κ2) is 6.26. The highest BCUT2D eigenvalue weighted by molar-refractivity contribution is 7.99. The molecule has 0 saturated heterocycles. The summed E-state index contributed by atoms with van der Waals surface area (Å²) in [5.74, 6) is 0.261. The second-order valence-electron chi connectivity index (χ2n) is 5.02. The third-order valence-electron chi connectivity index (χ3n) is 3.33. The predicted molar refractivity (Wildman–Crippen MR) is 81.3 cm³/mol. The fraction of sp³-hybridized carbons (Fsp3) is 0.429. The first-order chi connectivity index (χ1) is 10.3. The summed E-state index contributed by atoms with van der Waals surface area (Å²) in [5.41, 5.74) is 2.07. The molecule has 3 rings (SSSR count). The van der Waals surface area contributed by atoms with Crippen LogP contribution in [0.25, 0.3) is 0 Å². The molecule has 21 heavy (non-hydrogen) atoms. The number of carbonyl (C=O) groups excluding carboxylic acids is 1. The number of carbonyl (C=O) groups is 1. The van der Waals surface area contributed by atoms with Crippen LogP contribution in [-0.2, 0) is 11.2 Å². The van der Waals surface area contributed by atoms with E-state index in [0.29, 0.717) is 17.0 Å². The van der Waals surface area contributed by atoms with Crippen LogP contribution in [0, 0.1) is 0 Å². The van der Waals surface area contributed by atoms with Crippen molar-refractivity contribution in [3.63, 3.8) is 0 Å². The minimum Gasteiger partial charge on any atom is -0.325 e. The number of hydrogen-bond acceptors (Lipinski definition) is 5. The quantitative estimate of drug-likeness (QED) is 0.829. The van der Waals surface area contributed by atoms with Crippen molar-refractivity contribution < 1.29 is 4.79 Å². The summed E-state index contributed by atoms with van der Waals surface area (Å²) >= 11 is 1.37. The summed E-state index contributed by atoms with van der Waals surface area (Å²) in [6, 6.07) is 8.32. The Balaban J connectivity index is 1.52. The number of amides is 1. The standard InChI is InChI=1S/C14H17N5OS/c1-2-10-3-5-11(6-4-10)15-13(20)9-21-14-16-17-18-19(14)12-7-8-12/h3-6,12H,2,7-9H2,1H3,(H,15,20). The lowest BCUT2D eigenvalue weighted by Gasteiger charge is -2.06. The third-order valence-corrected chi connectivity index (χ3v) is 4.27. The van der Waals surface area contributed by atoms with Gasteiger partial charge in [0.05, 0.1) is 11.8 Å². The Morgan fingerprint density at radius 2 is 2.14 bits per heavy atom. The number of thioether (sulfide) groups is 1. The van der Waals surface area contributed by atoms with E-state index in [9.17, 15) is 4.79 Å². The van der Waals surface area contributed by atoms with E-state index in [0.717, 1.165) is 24.9 Å². The normalized spacial score (nSPS) is 14.1. The van der Waals surface area contributed by atoms with E-state index in [2.05, 4.69) is 27.8 Å². The first-order valence-corrected chi connectivity index (χ1v) is 8.04. The van der Waals surface area contributed by atoms with Crippen molar-refractivity contribution >= 4 is 23.4 Å². The molecule has 0 radical (unpaired) electrons. The molecule has 0 atom stereocenters. The Morgan fingerprint density at radius 1 is 1.38 bits per heavy atom. The maximum absolute atomic E-state index is 11.9.